The van der Waals surface area contributed by atoms with Crippen molar-refractivity contribution in [2.75, 3.05) is 10.2 Å². The fourth-order valence-corrected chi connectivity index (χ4v) is 11.1. The molecule has 2 aliphatic rings. The summed E-state index contributed by atoms with van der Waals surface area (Å²) in [4.78, 5) is 9.03. The smallest absolute Gasteiger partial charge is 0.145 e. The maximum atomic E-state index is 5.49. The Bertz CT molecular complexity index is 3370. The van der Waals surface area contributed by atoms with Crippen molar-refractivity contribution in [3.8, 4) is 33.4 Å². The van der Waals surface area contributed by atoms with Crippen LogP contribution < -0.4 is 10.2 Å². The van der Waals surface area contributed by atoms with Gasteiger partial charge in [-0.3, -0.25) is 4.99 Å². The van der Waals surface area contributed by atoms with Crippen LogP contribution in [0.1, 0.15) is 47.1 Å². The van der Waals surface area contributed by atoms with E-state index in [1.807, 2.05) is 11.3 Å². The summed E-state index contributed by atoms with van der Waals surface area (Å²) in [6.07, 6.45) is -0.233. The number of benzene rings is 9. The quantitative estimate of drug-likeness (QED) is 0.173. The molecule has 3 nitrogen and oxygen atoms in total. The van der Waals surface area contributed by atoms with Crippen molar-refractivity contribution in [1.82, 2.24) is 0 Å². The average molecular weight is 826 g/mol. The normalized spacial score (nSPS) is 14.7. The molecular formula is C59H43N3S. The van der Waals surface area contributed by atoms with Crippen molar-refractivity contribution in [2.45, 2.75) is 25.4 Å². The Hall–Kier alpha value is -7.53. The van der Waals surface area contributed by atoms with Crippen molar-refractivity contribution in [2.24, 2.45) is 4.99 Å². The van der Waals surface area contributed by atoms with Crippen LogP contribution in [0.3, 0.4) is 0 Å². The van der Waals surface area contributed by atoms with E-state index in [2.05, 4.69) is 236 Å². The molecule has 1 aromatic heterocycles. The lowest BCUT2D eigenvalue weighted by Crippen LogP contribution is -2.20. The third-order valence-corrected chi connectivity index (χ3v) is 14.3. The molecule has 0 amide bonds. The molecule has 1 aliphatic carbocycles. The highest BCUT2D eigenvalue weighted by Crippen LogP contribution is 2.55. The molecule has 300 valence electrons. The average Bonchev–Trinajstić information content (AvgIpc) is 3.83. The van der Waals surface area contributed by atoms with Crippen molar-refractivity contribution in [1.29, 1.82) is 0 Å². The van der Waals surface area contributed by atoms with E-state index in [0.717, 1.165) is 33.9 Å². The van der Waals surface area contributed by atoms with Crippen LogP contribution in [0.5, 0.6) is 0 Å². The van der Waals surface area contributed by atoms with E-state index in [9.17, 15) is 0 Å². The van der Waals surface area contributed by atoms with E-state index in [4.69, 9.17) is 4.99 Å². The summed E-state index contributed by atoms with van der Waals surface area (Å²) in [7, 11) is 0. The van der Waals surface area contributed by atoms with Gasteiger partial charge in [0.05, 0.1) is 16.3 Å². The lowest BCUT2D eigenvalue weighted by atomic mass is 9.80. The Labute approximate surface area is 372 Å². The number of nitrogens with zero attached hydrogens (tertiary/aromatic N) is 2. The van der Waals surface area contributed by atoms with Gasteiger partial charge in [-0.25, -0.2) is 0 Å². The predicted octanol–water partition coefficient (Wildman–Crippen LogP) is 16.1. The number of nitrogens with one attached hydrogen (secondary N) is 1. The number of para-hydroxylation sites is 1. The standard InChI is InChI=1S/C59H43N3S/c1-59(2)50-37-43(58-60-55(41-18-8-4-9-19-41)57-56(61-58)49-24-14-15-25-52(49)63-57)30-35-48(50)54-51(59)36-42-20-12-13-23-47(42)53(54)40-28-33-46(34-29-40)62(44-21-10-5-11-22-44)45-31-26-39(27-32-45)38-16-6-3-7-17-38/h3-37,58,61H,1-2H3. The summed E-state index contributed by atoms with van der Waals surface area (Å²) in [5, 5.41) is 7.67. The first-order chi connectivity index (χ1) is 31.0. The molecule has 2 heterocycles. The van der Waals surface area contributed by atoms with Crippen LogP contribution in [-0.4, -0.2) is 5.71 Å². The number of anilines is 4. The molecule has 10 aromatic rings. The van der Waals surface area contributed by atoms with Gasteiger partial charge in [0.25, 0.3) is 0 Å². The number of hydrogen-bond donors (Lipinski definition) is 1. The molecule has 0 fully saturated rings. The highest BCUT2D eigenvalue weighted by Gasteiger charge is 2.39. The Balaban J connectivity index is 0.963. The van der Waals surface area contributed by atoms with Crippen LogP contribution in [0, 0.1) is 0 Å². The zero-order valence-corrected chi connectivity index (χ0v) is 35.9. The van der Waals surface area contributed by atoms with Gasteiger partial charge in [-0.05, 0) is 109 Å². The molecule has 1 atom stereocenters. The van der Waals surface area contributed by atoms with Gasteiger partial charge in [0.15, 0.2) is 0 Å². The first-order valence-electron chi connectivity index (χ1n) is 21.7. The molecule has 12 rings (SSSR count). The SMILES string of the molecule is CC1(C)c2cc(C3N=C(c4ccccc4)c4sc5ccccc5c4N3)ccc2-c2c1cc1ccccc1c2-c1ccc(N(c2ccccc2)c2ccc(-c3ccccc3)cc2)cc1. The minimum Gasteiger partial charge on any atom is -0.358 e. The number of aliphatic imine (C=N–C) groups is 1. The topological polar surface area (TPSA) is 27.6 Å². The van der Waals surface area contributed by atoms with Crippen LogP contribution in [0.25, 0.3) is 54.2 Å². The van der Waals surface area contributed by atoms with Gasteiger partial charge in [0, 0.05) is 38.1 Å². The number of thiophene rings is 1. The van der Waals surface area contributed by atoms with Crippen LogP contribution >= 0.6 is 11.3 Å². The van der Waals surface area contributed by atoms with E-state index in [-0.39, 0.29) is 11.6 Å². The zero-order valence-electron chi connectivity index (χ0n) is 35.1. The van der Waals surface area contributed by atoms with Gasteiger partial charge < -0.3 is 10.2 Å². The van der Waals surface area contributed by atoms with Crippen LogP contribution in [0.2, 0.25) is 0 Å². The molecule has 0 saturated heterocycles. The number of rotatable bonds is 7. The molecule has 0 spiro atoms. The van der Waals surface area contributed by atoms with Gasteiger partial charge in [-0.15, -0.1) is 11.3 Å². The lowest BCUT2D eigenvalue weighted by Gasteiger charge is -2.27. The molecule has 1 unspecified atom stereocenters. The Morgan fingerprint density at radius 2 is 1.06 bits per heavy atom. The van der Waals surface area contributed by atoms with Crippen LogP contribution in [0.15, 0.2) is 217 Å². The second kappa shape index (κ2) is 14.8. The molecule has 1 N–H and O–H groups in total. The molecule has 0 bridgehead atoms. The van der Waals surface area contributed by atoms with E-state index in [1.165, 1.54) is 75.9 Å². The summed E-state index contributed by atoms with van der Waals surface area (Å²) in [5.41, 5.74) is 17.8. The molecule has 63 heavy (non-hydrogen) atoms. The molecule has 0 radical (unpaired) electrons. The Kier molecular flexibility index (Phi) is 8.77. The van der Waals surface area contributed by atoms with Gasteiger partial charge in [0.2, 0.25) is 0 Å². The summed E-state index contributed by atoms with van der Waals surface area (Å²) in [6.45, 7) is 4.78. The third-order valence-electron chi connectivity index (χ3n) is 13.1. The first kappa shape index (κ1) is 37.2. The maximum absolute atomic E-state index is 5.49. The van der Waals surface area contributed by atoms with Crippen LogP contribution in [0.4, 0.5) is 22.7 Å². The summed E-state index contributed by atoms with van der Waals surface area (Å²) in [5.74, 6) is 0. The Morgan fingerprint density at radius 3 is 1.78 bits per heavy atom. The zero-order chi connectivity index (χ0) is 42.1. The number of hydrogen-bond acceptors (Lipinski definition) is 4. The van der Waals surface area contributed by atoms with Crippen molar-refractivity contribution >= 4 is 60.7 Å². The highest BCUT2D eigenvalue weighted by molar-refractivity contribution is 7.22. The molecule has 1 aliphatic heterocycles. The fourth-order valence-electron chi connectivity index (χ4n) is 9.94. The molecular weight excluding hydrogens is 783 g/mol. The summed E-state index contributed by atoms with van der Waals surface area (Å²) in [6, 6.07) is 77.1. The van der Waals surface area contributed by atoms with Gasteiger partial charge in [0.1, 0.15) is 6.17 Å². The van der Waals surface area contributed by atoms with Crippen molar-refractivity contribution in [3.05, 3.63) is 239 Å². The van der Waals surface area contributed by atoms with Gasteiger partial charge in [-0.2, -0.15) is 0 Å². The van der Waals surface area contributed by atoms with Crippen LogP contribution in [-0.2, 0) is 5.41 Å². The second-order valence-electron chi connectivity index (χ2n) is 17.1. The third kappa shape index (κ3) is 6.20. The summed E-state index contributed by atoms with van der Waals surface area (Å²) >= 11 is 1.82. The first-order valence-corrected chi connectivity index (χ1v) is 22.5. The monoisotopic (exact) mass is 825 g/mol. The van der Waals surface area contributed by atoms with E-state index >= 15 is 0 Å². The summed E-state index contributed by atoms with van der Waals surface area (Å²) < 4.78 is 1.27. The number of fused-ring (bicyclic) bond motifs is 7. The molecule has 0 saturated carbocycles. The predicted molar refractivity (Wildman–Crippen MR) is 267 cm³/mol. The minimum absolute atomic E-state index is 0.233. The van der Waals surface area contributed by atoms with Crippen molar-refractivity contribution in [3.63, 3.8) is 0 Å². The minimum atomic E-state index is -0.240. The molecule has 9 aromatic carbocycles. The van der Waals surface area contributed by atoms with E-state index in [0.29, 0.717) is 0 Å². The fraction of sp³-hybridized carbons (Fsp3) is 0.0678. The van der Waals surface area contributed by atoms with E-state index < -0.39 is 0 Å². The van der Waals surface area contributed by atoms with Crippen molar-refractivity contribution < 1.29 is 0 Å². The second-order valence-corrected chi connectivity index (χ2v) is 18.2. The highest BCUT2D eigenvalue weighted by atomic mass is 32.1. The maximum Gasteiger partial charge on any atom is 0.145 e. The van der Waals surface area contributed by atoms with E-state index in [1.54, 1.807) is 0 Å². The van der Waals surface area contributed by atoms with Gasteiger partial charge in [-0.1, -0.05) is 178 Å². The lowest BCUT2D eigenvalue weighted by molar-refractivity contribution is 0.658. The Morgan fingerprint density at radius 1 is 0.492 bits per heavy atom. The molecule has 4 heteroatoms. The largest absolute Gasteiger partial charge is 0.358 e. The van der Waals surface area contributed by atoms with Gasteiger partial charge >= 0.3 is 0 Å².